The first kappa shape index (κ1) is 20.3. The zero-order valence-electron chi connectivity index (χ0n) is 15.0. The molecule has 2 aromatic heterocycles. The van der Waals surface area contributed by atoms with Crippen molar-refractivity contribution < 1.29 is 9.18 Å². The first-order valence-electron chi connectivity index (χ1n) is 8.54. The highest BCUT2D eigenvalue weighted by Crippen LogP contribution is 2.29. The molecule has 4 rings (SSSR count). The molecule has 0 atom stereocenters. The molecule has 0 spiro atoms. The molecule has 152 valence electrons. The van der Waals surface area contributed by atoms with Gasteiger partial charge in [0.2, 0.25) is 5.95 Å². The first-order chi connectivity index (χ1) is 14.4. The van der Waals surface area contributed by atoms with Gasteiger partial charge in [0.15, 0.2) is 0 Å². The van der Waals surface area contributed by atoms with E-state index < -0.39 is 11.7 Å². The van der Waals surface area contributed by atoms with E-state index >= 15 is 0 Å². The summed E-state index contributed by atoms with van der Waals surface area (Å²) in [5.41, 5.74) is 1.99. The lowest BCUT2D eigenvalue weighted by Crippen LogP contribution is -2.14. The van der Waals surface area contributed by atoms with Crippen LogP contribution in [0, 0.1) is 5.82 Å². The third-order valence-corrected chi connectivity index (χ3v) is 5.04. The standard InChI is InChI=1S/C19H12Cl3FN6O/c20-11-2-4-13(15(22)5-11)16-7-17(27-26-16)18(30)25-19-24-9-29(28-19)8-10-1-3-12(23)6-14(10)21/h1-7,9H,8H2,(H,26,27)(H,25,28,30). The Morgan fingerprint density at radius 3 is 2.70 bits per heavy atom. The van der Waals surface area contributed by atoms with E-state index in [1.807, 2.05) is 0 Å². The van der Waals surface area contributed by atoms with E-state index in [1.54, 1.807) is 30.3 Å². The number of aromatic amines is 1. The highest BCUT2D eigenvalue weighted by Gasteiger charge is 2.15. The fraction of sp³-hybridized carbons (Fsp3) is 0.0526. The summed E-state index contributed by atoms with van der Waals surface area (Å²) >= 11 is 18.1. The Hall–Kier alpha value is -2.94. The molecule has 0 aliphatic rings. The maximum absolute atomic E-state index is 13.2. The van der Waals surface area contributed by atoms with Crippen LogP contribution in [0.3, 0.4) is 0 Å². The van der Waals surface area contributed by atoms with Crippen LogP contribution >= 0.6 is 34.8 Å². The van der Waals surface area contributed by atoms with Crippen LogP contribution in [0.25, 0.3) is 11.3 Å². The molecule has 0 fully saturated rings. The molecule has 0 bridgehead atoms. The average Bonchev–Trinajstić information content (AvgIpc) is 3.34. The average molecular weight is 466 g/mol. The smallest absolute Gasteiger partial charge is 0.276 e. The van der Waals surface area contributed by atoms with Crippen LogP contribution < -0.4 is 5.32 Å². The molecule has 0 unspecified atom stereocenters. The summed E-state index contributed by atoms with van der Waals surface area (Å²) in [5, 5.41) is 14.7. The molecule has 30 heavy (non-hydrogen) atoms. The van der Waals surface area contributed by atoms with Crippen LogP contribution in [0.15, 0.2) is 48.8 Å². The molecular weight excluding hydrogens is 454 g/mol. The highest BCUT2D eigenvalue weighted by molar-refractivity contribution is 6.36. The monoisotopic (exact) mass is 464 g/mol. The molecule has 2 heterocycles. The zero-order chi connectivity index (χ0) is 21.3. The normalized spacial score (nSPS) is 10.9. The lowest BCUT2D eigenvalue weighted by atomic mass is 10.1. The summed E-state index contributed by atoms with van der Waals surface area (Å²) in [6.45, 7) is 0.269. The van der Waals surface area contributed by atoms with Gasteiger partial charge < -0.3 is 0 Å². The van der Waals surface area contributed by atoms with Gasteiger partial charge in [0.25, 0.3) is 5.91 Å². The number of aromatic nitrogens is 5. The number of H-pyrrole nitrogens is 1. The topological polar surface area (TPSA) is 88.5 Å². The number of rotatable bonds is 5. The molecule has 2 N–H and O–H groups in total. The second-order valence-electron chi connectivity index (χ2n) is 6.25. The SMILES string of the molecule is O=C(Nc1ncn(Cc2ccc(F)cc2Cl)n1)c1cc(-c2ccc(Cl)cc2Cl)n[nH]1. The minimum Gasteiger partial charge on any atom is -0.288 e. The first-order valence-corrected chi connectivity index (χ1v) is 9.68. The van der Waals surface area contributed by atoms with Crippen molar-refractivity contribution in [1.82, 2.24) is 25.0 Å². The third kappa shape index (κ3) is 4.46. The van der Waals surface area contributed by atoms with Crippen molar-refractivity contribution >= 4 is 46.7 Å². The Kier molecular flexibility index (Phi) is 5.72. The van der Waals surface area contributed by atoms with Crippen molar-refractivity contribution in [2.45, 2.75) is 6.54 Å². The van der Waals surface area contributed by atoms with Gasteiger partial charge in [-0.2, -0.15) is 5.10 Å². The molecule has 0 aliphatic heterocycles. The minimum absolute atomic E-state index is 0.0962. The Morgan fingerprint density at radius 2 is 1.93 bits per heavy atom. The molecule has 2 aromatic carbocycles. The molecule has 11 heteroatoms. The molecule has 1 amide bonds. The number of nitrogens with zero attached hydrogens (tertiary/aromatic N) is 4. The van der Waals surface area contributed by atoms with Crippen molar-refractivity contribution in [1.29, 1.82) is 0 Å². The molecule has 0 saturated carbocycles. The lowest BCUT2D eigenvalue weighted by molar-refractivity contribution is 0.102. The van der Waals surface area contributed by atoms with Crippen LogP contribution in [-0.2, 0) is 6.54 Å². The van der Waals surface area contributed by atoms with E-state index in [0.29, 0.717) is 26.9 Å². The molecule has 7 nitrogen and oxygen atoms in total. The number of halogens is 4. The largest absolute Gasteiger partial charge is 0.288 e. The van der Waals surface area contributed by atoms with Gasteiger partial charge in [0.05, 0.1) is 17.3 Å². The molecule has 0 aliphatic carbocycles. The van der Waals surface area contributed by atoms with Crippen LogP contribution in [0.4, 0.5) is 10.3 Å². The van der Waals surface area contributed by atoms with Crippen LogP contribution in [0.2, 0.25) is 15.1 Å². The number of benzene rings is 2. The molecule has 0 radical (unpaired) electrons. The van der Waals surface area contributed by atoms with Crippen molar-refractivity contribution in [3.05, 3.63) is 80.9 Å². The summed E-state index contributed by atoms with van der Waals surface area (Å²) in [5.74, 6) is -0.801. The lowest BCUT2D eigenvalue weighted by Gasteiger charge is -2.04. The summed E-state index contributed by atoms with van der Waals surface area (Å²) in [7, 11) is 0. The third-order valence-electron chi connectivity index (χ3n) is 4.14. The Balaban J connectivity index is 1.45. The van der Waals surface area contributed by atoms with Crippen LogP contribution in [0.1, 0.15) is 16.1 Å². The number of amides is 1. The van der Waals surface area contributed by atoms with Crippen molar-refractivity contribution in [3.8, 4) is 11.3 Å². The van der Waals surface area contributed by atoms with Crippen molar-refractivity contribution in [3.63, 3.8) is 0 Å². The quantitative estimate of drug-likeness (QED) is 0.431. The highest BCUT2D eigenvalue weighted by atomic mass is 35.5. The summed E-state index contributed by atoms with van der Waals surface area (Å²) in [4.78, 5) is 16.5. The number of carbonyl (C=O) groups is 1. The fourth-order valence-corrected chi connectivity index (χ4v) is 3.43. The van der Waals surface area contributed by atoms with E-state index in [2.05, 4.69) is 25.6 Å². The maximum Gasteiger partial charge on any atom is 0.276 e. The van der Waals surface area contributed by atoms with E-state index in [0.717, 1.165) is 0 Å². The number of hydrogen-bond donors (Lipinski definition) is 2. The number of carbonyl (C=O) groups excluding carboxylic acids is 1. The maximum atomic E-state index is 13.2. The number of nitrogens with one attached hydrogen (secondary N) is 2. The fourth-order valence-electron chi connectivity index (χ4n) is 2.69. The summed E-state index contributed by atoms with van der Waals surface area (Å²) < 4.78 is 14.6. The van der Waals surface area contributed by atoms with Gasteiger partial charge in [-0.1, -0.05) is 40.9 Å². The Labute approximate surface area is 184 Å². The van der Waals surface area contributed by atoms with Gasteiger partial charge in [-0.05, 0) is 42.0 Å². The van der Waals surface area contributed by atoms with Crippen molar-refractivity contribution in [2.24, 2.45) is 0 Å². The van der Waals surface area contributed by atoms with Gasteiger partial charge in [-0.15, -0.1) is 5.10 Å². The van der Waals surface area contributed by atoms with Gasteiger partial charge in [0, 0.05) is 15.6 Å². The molecule has 4 aromatic rings. The predicted molar refractivity (Wildman–Crippen MR) is 113 cm³/mol. The zero-order valence-corrected chi connectivity index (χ0v) is 17.3. The predicted octanol–water partition coefficient (Wildman–Crippen LogP) is 5.07. The van der Waals surface area contributed by atoms with E-state index in [-0.39, 0.29) is 23.2 Å². The van der Waals surface area contributed by atoms with E-state index in [4.69, 9.17) is 34.8 Å². The molecule has 0 saturated heterocycles. The Morgan fingerprint density at radius 1 is 1.10 bits per heavy atom. The molecular formula is C19H12Cl3FN6O. The van der Waals surface area contributed by atoms with Gasteiger partial charge >= 0.3 is 0 Å². The van der Waals surface area contributed by atoms with Crippen molar-refractivity contribution in [2.75, 3.05) is 5.32 Å². The summed E-state index contributed by atoms with van der Waals surface area (Å²) in [6, 6.07) is 10.6. The summed E-state index contributed by atoms with van der Waals surface area (Å²) in [6.07, 6.45) is 1.43. The van der Waals surface area contributed by atoms with Gasteiger partial charge in [-0.3, -0.25) is 15.2 Å². The van der Waals surface area contributed by atoms with Gasteiger partial charge in [0.1, 0.15) is 17.8 Å². The van der Waals surface area contributed by atoms with E-state index in [1.165, 1.54) is 23.1 Å². The Bertz CT molecular complexity index is 1240. The second kappa shape index (κ2) is 8.43. The van der Waals surface area contributed by atoms with E-state index in [9.17, 15) is 9.18 Å². The second-order valence-corrected chi connectivity index (χ2v) is 7.50. The van der Waals surface area contributed by atoms with Crippen LogP contribution in [0.5, 0.6) is 0 Å². The van der Waals surface area contributed by atoms with Crippen LogP contribution in [-0.4, -0.2) is 30.9 Å². The minimum atomic E-state index is -0.476. The number of anilines is 1. The van der Waals surface area contributed by atoms with Gasteiger partial charge in [-0.25, -0.2) is 14.1 Å². The number of hydrogen-bond acceptors (Lipinski definition) is 4.